The number of rotatable bonds is 6. The first-order valence-corrected chi connectivity index (χ1v) is 9.14. The van der Waals surface area contributed by atoms with E-state index >= 15 is 0 Å². The molecule has 1 aliphatic rings. The molecule has 0 aromatic heterocycles. The number of nitrogens with one attached hydrogen (secondary N) is 1. The molecule has 1 fully saturated rings. The molecule has 2 aromatic rings. The number of benzene rings is 2. The molecule has 2 N–H and O–H groups in total. The number of aliphatic hydroxyl groups excluding tert-OH is 1. The summed E-state index contributed by atoms with van der Waals surface area (Å²) in [6.07, 6.45) is 0.276. The van der Waals surface area contributed by atoms with Gasteiger partial charge in [0.1, 0.15) is 0 Å². The average molecular weight is 367 g/mol. The molecule has 0 radical (unpaired) electrons. The number of urea groups is 1. The second kappa shape index (κ2) is 8.68. The zero-order valence-corrected chi connectivity index (χ0v) is 15.5. The fraction of sp³-hybridized carbons (Fsp3) is 0.333. The molecule has 0 spiro atoms. The maximum Gasteiger partial charge on any atom is 0.318 e. The minimum atomic E-state index is -0.267. The van der Waals surface area contributed by atoms with Crippen LogP contribution in [0.15, 0.2) is 54.6 Å². The Morgan fingerprint density at radius 2 is 1.89 bits per heavy atom. The number of carbonyl (C=O) groups is 2. The van der Waals surface area contributed by atoms with Gasteiger partial charge in [0.25, 0.3) is 0 Å². The first-order chi connectivity index (χ1) is 13.1. The van der Waals surface area contributed by atoms with Crippen molar-refractivity contribution in [3.63, 3.8) is 0 Å². The second-order valence-corrected chi connectivity index (χ2v) is 6.82. The van der Waals surface area contributed by atoms with E-state index in [1.165, 1.54) is 0 Å². The minimum absolute atomic E-state index is 0.000852. The van der Waals surface area contributed by atoms with Crippen molar-refractivity contribution in [1.29, 1.82) is 0 Å². The quantitative estimate of drug-likeness (QED) is 0.823. The van der Waals surface area contributed by atoms with Crippen LogP contribution in [0.5, 0.6) is 0 Å². The van der Waals surface area contributed by atoms with Gasteiger partial charge in [-0.15, -0.1) is 0 Å². The summed E-state index contributed by atoms with van der Waals surface area (Å²) in [5.74, 6) is 0.000852. The highest BCUT2D eigenvalue weighted by Gasteiger charge is 2.32. The van der Waals surface area contributed by atoms with Crippen molar-refractivity contribution < 1.29 is 14.7 Å². The Kier molecular flexibility index (Phi) is 6.08. The monoisotopic (exact) mass is 367 g/mol. The summed E-state index contributed by atoms with van der Waals surface area (Å²) < 4.78 is 0. The van der Waals surface area contributed by atoms with Crippen LogP contribution in [-0.4, -0.2) is 47.7 Å². The van der Waals surface area contributed by atoms with Crippen molar-refractivity contribution in [1.82, 2.24) is 10.2 Å². The number of hydrogen-bond donors (Lipinski definition) is 2. The summed E-state index contributed by atoms with van der Waals surface area (Å²) in [7, 11) is 0. The highest BCUT2D eigenvalue weighted by Crippen LogP contribution is 2.22. The van der Waals surface area contributed by atoms with Crippen LogP contribution in [0.3, 0.4) is 0 Å². The van der Waals surface area contributed by atoms with Gasteiger partial charge in [-0.2, -0.15) is 0 Å². The van der Waals surface area contributed by atoms with E-state index in [-0.39, 0.29) is 37.6 Å². The van der Waals surface area contributed by atoms with Crippen LogP contribution in [0.25, 0.3) is 0 Å². The Hall–Kier alpha value is -2.86. The molecular weight excluding hydrogens is 342 g/mol. The topological polar surface area (TPSA) is 72.9 Å². The molecule has 1 saturated heterocycles. The van der Waals surface area contributed by atoms with E-state index in [0.29, 0.717) is 13.1 Å². The van der Waals surface area contributed by atoms with Gasteiger partial charge in [0.2, 0.25) is 5.91 Å². The van der Waals surface area contributed by atoms with Gasteiger partial charge in [-0.1, -0.05) is 48.0 Å². The molecule has 1 atom stereocenters. The third-order valence-corrected chi connectivity index (χ3v) is 4.67. The lowest BCUT2D eigenvalue weighted by Gasteiger charge is -2.24. The molecule has 1 aliphatic heterocycles. The maximum absolute atomic E-state index is 12.7. The first-order valence-electron chi connectivity index (χ1n) is 9.14. The molecule has 1 unspecified atom stereocenters. The third kappa shape index (κ3) is 4.86. The van der Waals surface area contributed by atoms with Crippen molar-refractivity contribution in [2.45, 2.75) is 25.9 Å². The number of carbonyl (C=O) groups excluding carboxylic acids is 2. The third-order valence-electron chi connectivity index (χ3n) is 4.67. The van der Waals surface area contributed by atoms with Gasteiger partial charge in [-0.25, -0.2) is 4.79 Å². The number of aliphatic hydroxyl groups is 1. The van der Waals surface area contributed by atoms with E-state index in [2.05, 4.69) is 5.32 Å². The van der Waals surface area contributed by atoms with E-state index < -0.39 is 0 Å². The normalized spacial score (nSPS) is 16.4. The standard InChI is InChI=1S/C21H25N3O3/c1-16-7-9-19(10-8-16)24-15-18(13-20(24)26)22-21(27)23(11-12-25)14-17-5-3-2-4-6-17/h2-10,18,25H,11-15H2,1H3,(H,22,27). The summed E-state index contributed by atoms with van der Waals surface area (Å²) >= 11 is 0. The van der Waals surface area contributed by atoms with Crippen LogP contribution in [-0.2, 0) is 11.3 Å². The molecule has 27 heavy (non-hydrogen) atoms. The Morgan fingerprint density at radius 1 is 1.19 bits per heavy atom. The van der Waals surface area contributed by atoms with Crippen molar-refractivity contribution >= 4 is 17.6 Å². The number of aryl methyl sites for hydroxylation is 1. The van der Waals surface area contributed by atoms with Gasteiger partial charge in [0, 0.05) is 31.7 Å². The van der Waals surface area contributed by atoms with E-state index in [9.17, 15) is 14.7 Å². The number of amides is 3. The van der Waals surface area contributed by atoms with Crippen molar-refractivity contribution in [2.75, 3.05) is 24.6 Å². The summed E-state index contributed by atoms with van der Waals surface area (Å²) in [5.41, 5.74) is 2.97. The van der Waals surface area contributed by atoms with Crippen LogP contribution in [0.2, 0.25) is 0 Å². The van der Waals surface area contributed by atoms with Gasteiger partial charge in [0.15, 0.2) is 0 Å². The van der Waals surface area contributed by atoms with E-state index in [4.69, 9.17) is 0 Å². The Labute approximate surface area is 159 Å². The van der Waals surface area contributed by atoms with E-state index in [1.54, 1.807) is 9.80 Å². The van der Waals surface area contributed by atoms with Crippen LogP contribution in [0, 0.1) is 6.92 Å². The molecule has 2 aromatic carbocycles. The molecule has 0 saturated carbocycles. The second-order valence-electron chi connectivity index (χ2n) is 6.82. The van der Waals surface area contributed by atoms with Crippen LogP contribution >= 0.6 is 0 Å². The Bertz CT molecular complexity index is 777. The lowest BCUT2D eigenvalue weighted by molar-refractivity contribution is -0.117. The summed E-state index contributed by atoms with van der Waals surface area (Å²) in [5, 5.41) is 12.2. The van der Waals surface area contributed by atoms with Gasteiger partial charge in [0.05, 0.1) is 12.6 Å². The average Bonchev–Trinajstić information content (AvgIpc) is 3.03. The lowest BCUT2D eigenvalue weighted by atomic mass is 10.2. The lowest BCUT2D eigenvalue weighted by Crippen LogP contribution is -2.46. The molecule has 6 heteroatoms. The molecule has 1 heterocycles. The summed E-state index contributed by atoms with van der Waals surface area (Å²) in [6, 6.07) is 16.9. The van der Waals surface area contributed by atoms with Crippen molar-refractivity contribution in [3.8, 4) is 0 Å². The van der Waals surface area contributed by atoms with Crippen molar-refractivity contribution in [3.05, 3.63) is 65.7 Å². The molecular formula is C21H25N3O3. The number of hydrogen-bond acceptors (Lipinski definition) is 3. The molecule has 3 rings (SSSR count). The van der Waals surface area contributed by atoms with Gasteiger partial charge < -0.3 is 20.2 Å². The number of nitrogens with zero attached hydrogens (tertiary/aromatic N) is 2. The zero-order chi connectivity index (χ0) is 19.2. The summed E-state index contributed by atoms with van der Waals surface area (Å²) in [6.45, 7) is 2.99. The highest BCUT2D eigenvalue weighted by atomic mass is 16.3. The van der Waals surface area contributed by atoms with Gasteiger partial charge in [-0.3, -0.25) is 4.79 Å². The first kappa shape index (κ1) is 18.9. The van der Waals surface area contributed by atoms with E-state index in [0.717, 1.165) is 16.8 Å². The van der Waals surface area contributed by atoms with Crippen LogP contribution in [0.1, 0.15) is 17.5 Å². The van der Waals surface area contributed by atoms with Gasteiger partial charge >= 0.3 is 6.03 Å². The van der Waals surface area contributed by atoms with Crippen LogP contribution < -0.4 is 10.2 Å². The molecule has 6 nitrogen and oxygen atoms in total. The Morgan fingerprint density at radius 3 is 2.56 bits per heavy atom. The van der Waals surface area contributed by atoms with Gasteiger partial charge in [-0.05, 0) is 24.6 Å². The molecule has 3 amide bonds. The van der Waals surface area contributed by atoms with Crippen molar-refractivity contribution in [2.24, 2.45) is 0 Å². The zero-order valence-electron chi connectivity index (χ0n) is 15.5. The highest BCUT2D eigenvalue weighted by molar-refractivity contribution is 5.96. The SMILES string of the molecule is Cc1ccc(N2CC(NC(=O)N(CCO)Cc3ccccc3)CC2=O)cc1. The van der Waals surface area contributed by atoms with E-state index in [1.807, 2.05) is 61.5 Å². The molecule has 142 valence electrons. The largest absolute Gasteiger partial charge is 0.395 e. The minimum Gasteiger partial charge on any atom is -0.395 e. The molecule has 0 aliphatic carbocycles. The molecule has 0 bridgehead atoms. The predicted molar refractivity (Wildman–Crippen MR) is 104 cm³/mol. The number of anilines is 1. The Balaban J connectivity index is 1.62. The maximum atomic E-state index is 12.7. The fourth-order valence-electron chi connectivity index (χ4n) is 3.22. The summed E-state index contributed by atoms with van der Waals surface area (Å²) in [4.78, 5) is 28.3. The smallest absolute Gasteiger partial charge is 0.318 e. The van der Waals surface area contributed by atoms with Crippen LogP contribution in [0.4, 0.5) is 10.5 Å². The predicted octanol–water partition coefficient (Wildman–Crippen LogP) is 2.30. The fourth-order valence-corrected chi connectivity index (χ4v) is 3.22.